The van der Waals surface area contributed by atoms with Gasteiger partial charge in [-0.15, -0.1) is 0 Å². The average molecular weight is 277 g/mol. The van der Waals surface area contributed by atoms with Crippen LogP contribution in [0.1, 0.15) is 20.3 Å². The normalized spacial score (nSPS) is 21.1. The van der Waals surface area contributed by atoms with Crippen molar-refractivity contribution in [2.75, 3.05) is 52.1 Å². The number of likely N-dealkylation sites (N-methyl/N-ethyl adjacent to an activating group) is 1. The molecule has 18 heavy (non-hydrogen) atoms. The smallest absolute Gasteiger partial charge is 0.211 e. The number of nitrogens with zero attached hydrogens (tertiary/aromatic N) is 2. The number of rotatable bonds is 7. The lowest BCUT2D eigenvalue weighted by atomic mass is 10.2. The van der Waals surface area contributed by atoms with E-state index in [9.17, 15) is 8.42 Å². The van der Waals surface area contributed by atoms with Crippen LogP contribution in [-0.2, 0) is 10.0 Å². The molecule has 0 aromatic heterocycles. The molecule has 6 heteroatoms. The highest BCUT2D eigenvalue weighted by Crippen LogP contribution is 2.04. The van der Waals surface area contributed by atoms with Crippen LogP contribution in [0, 0.1) is 5.92 Å². The Labute approximate surface area is 112 Å². The molecule has 108 valence electrons. The zero-order chi connectivity index (χ0) is 13.6. The first-order valence-electron chi connectivity index (χ1n) is 6.81. The van der Waals surface area contributed by atoms with Crippen molar-refractivity contribution < 1.29 is 8.42 Å². The molecular weight excluding hydrogens is 250 g/mol. The maximum absolute atomic E-state index is 11.8. The summed E-state index contributed by atoms with van der Waals surface area (Å²) < 4.78 is 26.2. The second-order valence-electron chi connectivity index (χ2n) is 5.33. The molecule has 1 N–H and O–H groups in total. The molecule has 1 rings (SSSR count). The van der Waals surface area contributed by atoms with Crippen molar-refractivity contribution in [3.63, 3.8) is 0 Å². The van der Waals surface area contributed by atoms with E-state index in [-0.39, 0.29) is 11.7 Å². The van der Waals surface area contributed by atoms with Crippen LogP contribution in [0.2, 0.25) is 0 Å². The van der Waals surface area contributed by atoms with Crippen molar-refractivity contribution in [2.45, 2.75) is 20.3 Å². The van der Waals surface area contributed by atoms with Gasteiger partial charge in [-0.05, 0) is 13.0 Å². The summed E-state index contributed by atoms with van der Waals surface area (Å²) >= 11 is 0. The van der Waals surface area contributed by atoms with Crippen LogP contribution in [0.3, 0.4) is 0 Å². The van der Waals surface area contributed by atoms with E-state index in [0.717, 1.165) is 39.1 Å². The molecule has 1 saturated heterocycles. The molecule has 1 aliphatic rings. The van der Waals surface area contributed by atoms with E-state index in [2.05, 4.69) is 21.6 Å². The number of hydrogen-bond donors (Lipinski definition) is 1. The van der Waals surface area contributed by atoms with Crippen LogP contribution in [0.25, 0.3) is 0 Å². The molecule has 0 amide bonds. The first kappa shape index (κ1) is 15.9. The Bertz CT molecular complexity index is 324. The highest BCUT2D eigenvalue weighted by Gasteiger charge is 2.16. The Balaban J connectivity index is 2.20. The fraction of sp³-hybridized carbons (Fsp3) is 1.00. The fourth-order valence-electron chi connectivity index (χ4n) is 1.98. The molecule has 0 radical (unpaired) electrons. The Kier molecular flexibility index (Phi) is 6.55. The molecular formula is C12H27N3O2S. The molecule has 0 bridgehead atoms. The Morgan fingerprint density at radius 2 is 1.83 bits per heavy atom. The summed E-state index contributed by atoms with van der Waals surface area (Å²) in [7, 11) is -0.974. The first-order valence-corrected chi connectivity index (χ1v) is 8.46. The van der Waals surface area contributed by atoms with Gasteiger partial charge in [-0.3, -0.25) is 4.90 Å². The highest BCUT2D eigenvalue weighted by atomic mass is 32.2. The third kappa shape index (κ3) is 6.13. The zero-order valence-corrected chi connectivity index (χ0v) is 12.7. The van der Waals surface area contributed by atoms with E-state index in [1.54, 1.807) is 0 Å². The maximum Gasteiger partial charge on any atom is 0.211 e. The van der Waals surface area contributed by atoms with Crippen molar-refractivity contribution in [1.29, 1.82) is 0 Å². The van der Waals surface area contributed by atoms with Crippen LogP contribution in [0.5, 0.6) is 0 Å². The van der Waals surface area contributed by atoms with Gasteiger partial charge in [-0.25, -0.2) is 13.1 Å². The monoisotopic (exact) mass is 277 g/mol. The van der Waals surface area contributed by atoms with E-state index in [4.69, 9.17) is 0 Å². The lowest BCUT2D eigenvalue weighted by Gasteiger charge is -2.32. The lowest BCUT2D eigenvalue weighted by molar-refractivity contribution is 0.156. The fourth-order valence-corrected chi connectivity index (χ4v) is 3.49. The number of sulfonamides is 1. The molecule has 1 fully saturated rings. The van der Waals surface area contributed by atoms with Gasteiger partial charge >= 0.3 is 0 Å². The van der Waals surface area contributed by atoms with E-state index in [1.807, 2.05) is 13.8 Å². The molecule has 0 aromatic carbocycles. The number of hydrogen-bond acceptors (Lipinski definition) is 4. The number of piperazine rings is 1. The summed E-state index contributed by atoms with van der Waals surface area (Å²) in [6.07, 6.45) is 0.902. The quantitative estimate of drug-likeness (QED) is 0.722. The van der Waals surface area contributed by atoms with Gasteiger partial charge in [0.25, 0.3) is 0 Å². The van der Waals surface area contributed by atoms with Crippen LogP contribution >= 0.6 is 0 Å². The van der Waals surface area contributed by atoms with E-state index < -0.39 is 10.0 Å². The third-order valence-electron chi connectivity index (χ3n) is 3.55. The summed E-state index contributed by atoms with van der Waals surface area (Å²) in [4.78, 5) is 4.61. The van der Waals surface area contributed by atoms with Crippen molar-refractivity contribution in [2.24, 2.45) is 5.92 Å². The van der Waals surface area contributed by atoms with E-state index in [1.165, 1.54) is 0 Å². The largest absolute Gasteiger partial charge is 0.304 e. The molecule has 1 atom stereocenters. The lowest BCUT2D eigenvalue weighted by Crippen LogP contribution is -2.47. The molecule has 5 nitrogen and oxygen atoms in total. The predicted molar refractivity (Wildman–Crippen MR) is 75.2 cm³/mol. The Morgan fingerprint density at radius 1 is 1.22 bits per heavy atom. The van der Waals surface area contributed by atoms with Crippen molar-refractivity contribution in [1.82, 2.24) is 14.5 Å². The van der Waals surface area contributed by atoms with Gasteiger partial charge in [-0.2, -0.15) is 0 Å². The minimum Gasteiger partial charge on any atom is -0.304 e. The predicted octanol–water partition coefficient (Wildman–Crippen LogP) is 0.199. The Morgan fingerprint density at radius 3 is 2.39 bits per heavy atom. The van der Waals surface area contributed by atoms with Crippen LogP contribution < -0.4 is 4.72 Å². The van der Waals surface area contributed by atoms with E-state index in [0.29, 0.717) is 6.54 Å². The summed E-state index contributed by atoms with van der Waals surface area (Å²) in [5.74, 6) is 0.470. The summed E-state index contributed by atoms with van der Waals surface area (Å²) in [6.45, 7) is 9.53. The van der Waals surface area contributed by atoms with Gasteiger partial charge in [0.05, 0.1) is 5.75 Å². The summed E-state index contributed by atoms with van der Waals surface area (Å²) in [6, 6.07) is 0. The van der Waals surface area contributed by atoms with Crippen molar-refractivity contribution in [3.05, 3.63) is 0 Å². The second kappa shape index (κ2) is 7.43. The minimum atomic E-state index is -3.09. The van der Waals surface area contributed by atoms with Gasteiger partial charge in [0.1, 0.15) is 0 Å². The van der Waals surface area contributed by atoms with Gasteiger partial charge in [0.2, 0.25) is 10.0 Å². The van der Waals surface area contributed by atoms with Gasteiger partial charge in [0, 0.05) is 39.3 Å². The average Bonchev–Trinajstić information content (AvgIpc) is 2.31. The van der Waals surface area contributed by atoms with Crippen LogP contribution in [0.4, 0.5) is 0 Å². The SMILES string of the molecule is CC[C@@H](C)CS(=O)(=O)NCCN1CCN(C)CC1. The number of nitrogens with one attached hydrogen (secondary N) is 1. The van der Waals surface area contributed by atoms with Crippen LogP contribution in [-0.4, -0.2) is 70.3 Å². The van der Waals surface area contributed by atoms with Gasteiger partial charge < -0.3 is 4.90 Å². The van der Waals surface area contributed by atoms with Crippen molar-refractivity contribution in [3.8, 4) is 0 Å². The standard InChI is InChI=1S/C12H27N3O2S/c1-4-12(2)11-18(16,17)13-5-6-15-9-7-14(3)8-10-15/h12-13H,4-11H2,1-3H3/t12-/m1/s1. The minimum absolute atomic E-state index is 0.228. The summed E-state index contributed by atoms with van der Waals surface area (Å²) in [5.41, 5.74) is 0. The maximum atomic E-state index is 11.8. The topological polar surface area (TPSA) is 52.7 Å². The van der Waals surface area contributed by atoms with Gasteiger partial charge in [0.15, 0.2) is 0 Å². The second-order valence-corrected chi connectivity index (χ2v) is 7.19. The molecule has 1 heterocycles. The van der Waals surface area contributed by atoms with Gasteiger partial charge in [-0.1, -0.05) is 20.3 Å². The molecule has 0 saturated carbocycles. The third-order valence-corrected chi connectivity index (χ3v) is 5.20. The zero-order valence-electron chi connectivity index (χ0n) is 11.9. The highest BCUT2D eigenvalue weighted by molar-refractivity contribution is 7.89. The first-order chi connectivity index (χ1) is 8.43. The van der Waals surface area contributed by atoms with E-state index >= 15 is 0 Å². The molecule has 0 unspecified atom stereocenters. The molecule has 0 spiro atoms. The summed E-state index contributed by atoms with van der Waals surface area (Å²) in [5, 5.41) is 0. The van der Waals surface area contributed by atoms with Crippen molar-refractivity contribution >= 4 is 10.0 Å². The molecule has 0 aromatic rings. The Hall–Kier alpha value is -0.170. The molecule has 0 aliphatic carbocycles. The molecule has 1 aliphatic heterocycles. The van der Waals surface area contributed by atoms with Crippen LogP contribution in [0.15, 0.2) is 0 Å².